The van der Waals surface area contributed by atoms with Crippen LogP contribution in [0.1, 0.15) is 22.3 Å². The molecule has 0 aliphatic heterocycles. The summed E-state index contributed by atoms with van der Waals surface area (Å²) in [4.78, 5) is 13.1. The van der Waals surface area contributed by atoms with Gasteiger partial charge in [0.15, 0.2) is 11.4 Å². The monoisotopic (exact) mass is 582 g/mol. The lowest BCUT2D eigenvalue weighted by Crippen LogP contribution is -2.43. The molecule has 0 aliphatic carbocycles. The van der Waals surface area contributed by atoms with Crippen LogP contribution in [0.4, 0.5) is 0 Å². The number of hydrogen-bond donors (Lipinski definition) is 2. The third-order valence-electron chi connectivity index (χ3n) is 5.41. The van der Waals surface area contributed by atoms with Gasteiger partial charge in [0.25, 0.3) is 5.91 Å². The first kappa shape index (κ1) is 25.9. The van der Waals surface area contributed by atoms with Gasteiger partial charge in [-0.2, -0.15) is 5.10 Å². The molecule has 36 heavy (non-hydrogen) atoms. The molecule has 0 spiro atoms. The number of nitrogens with one attached hydrogen (secondary N) is 1. The Labute approximate surface area is 227 Å². The number of ether oxygens (including phenoxy) is 1. The van der Waals surface area contributed by atoms with E-state index in [1.54, 1.807) is 60.7 Å². The molecule has 0 aliphatic rings. The molecular weight excluding hydrogens is 563 g/mol. The molecule has 0 heterocycles. The van der Waals surface area contributed by atoms with Gasteiger partial charge in [0.1, 0.15) is 6.61 Å². The van der Waals surface area contributed by atoms with Crippen molar-refractivity contribution in [3.8, 4) is 5.75 Å². The van der Waals surface area contributed by atoms with Gasteiger partial charge in [-0.3, -0.25) is 4.79 Å². The second-order valence-electron chi connectivity index (χ2n) is 7.87. The van der Waals surface area contributed by atoms with E-state index in [0.717, 1.165) is 10.0 Å². The summed E-state index contributed by atoms with van der Waals surface area (Å²) in [6.07, 6.45) is 1.39. The zero-order valence-electron chi connectivity index (χ0n) is 18.9. The van der Waals surface area contributed by atoms with Crippen molar-refractivity contribution in [1.29, 1.82) is 0 Å². The summed E-state index contributed by atoms with van der Waals surface area (Å²) in [5.74, 6) is -0.354. The normalized spacial score (nSPS) is 11.4. The first-order chi connectivity index (χ1) is 17.4. The molecule has 0 aromatic heterocycles. The maximum Gasteiger partial charge on any atom is 0.281 e. The second-order valence-corrected chi connectivity index (χ2v) is 9.60. The van der Waals surface area contributed by atoms with E-state index >= 15 is 0 Å². The van der Waals surface area contributed by atoms with Crippen molar-refractivity contribution in [2.75, 3.05) is 0 Å². The molecule has 0 fully saturated rings. The molecule has 182 valence electrons. The quantitative estimate of drug-likeness (QED) is 0.179. The van der Waals surface area contributed by atoms with Gasteiger partial charge in [-0.1, -0.05) is 112 Å². The molecule has 0 bridgehead atoms. The Morgan fingerprint density at radius 2 is 1.44 bits per heavy atom. The second kappa shape index (κ2) is 11.7. The average molecular weight is 584 g/mol. The molecule has 0 radical (unpaired) electrons. The number of carbonyl (C=O) groups excluding carboxylic acids is 1. The molecule has 8 heteroatoms. The van der Waals surface area contributed by atoms with Crippen LogP contribution < -0.4 is 10.2 Å². The third kappa shape index (κ3) is 5.97. The molecule has 0 saturated heterocycles. The minimum Gasteiger partial charge on any atom is -0.486 e. The van der Waals surface area contributed by atoms with Crippen molar-refractivity contribution in [2.45, 2.75) is 12.2 Å². The maximum absolute atomic E-state index is 13.1. The summed E-state index contributed by atoms with van der Waals surface area (Å²) >= 11 is 16.2. The number of rotatable bonds is 8. The largest absolute Gasteiger partial charge is 0.486 e. The fraction of sp³-hybridized carbons (Fsp3) is 0.0714. The van der Waals surface area contributed by atoms with Crippen LogP contribution in [0, 0.1) is 0 Å². The number of hydrazone groups is 1. The summed E-state index contributed by atoms with van der Waals surface area (Å²) in [7, 11) is 0. The summed E-state index contributed by atoms with van der Waals surface area (Å²) in [6.45, 7) is 0.299. The van der Waals surface area contributed by atoms with Gasteiger partial charge in [0.2, 0.25) is 0 Å². The number of aliphatic hydroxyl groups is 1. The number of benzene rings is 4. The molecule has 4 rings (SSSR count). The van der Waals surface area contributed by atoms with E-state index in [-0.39, 0.29) is 0 Å². The summed E-state index contributed by atoms with van der Waals surface area (Å²) in [5.41, 5.74) is 2.85. The van der Waals surface area contributed by atoms with Gasteiger partial charge >= 0.3 is 0 Å². The van der Waals surface area contributed by atoms with Crippen LogP contribution in [0.2, 0.25) is 10.0 Å². The molecule has 0 unspecified atom stereocenters. The number of amides is 1. The Morgan fingerprint density at radius 3 is 1.97 bits per heavy atom. The van der Waals surface area contributed by atoms with Crippen LogP contribution >= 0.6 is 39.1 Å². The first-order valence-electron chi connectivity index (χ1n) is 10.9. The zero-order chi connectivity index (χ0) is 25.5. The molecule has 4 aromatic rings. The van der Waals surface area contributed by atoms with Crippen LogP contribution in [-0.2, 0) is 17.0 Å². The minimum atomic E-state index is -1.93. The molecular formula is C28H21BrCl2N2O3. The number of hydrogen-bond acceptors (Lipinski definition) is 4. The van der Waals surface area contributed by atoms with Crippen molar-refractivity contribution < 1.29 is 14.6 Å². The van der Waals surface area contributed by atoms with E-state index in [0.29, 0.717) is 39.1 Å². The highest BCUT2D eigenvalue weighted by Gasteiger charge is 2.39. The summed E-state index contributed by atoms with van der Waals surface area (Å²) < 4.78 is 6.78. The highest BCUT2D eigenvalue weighted by Crippen LogP contribution is 2.34. The predicted molar refractivity (Wildman–Crippen MR) is 147 cm³/mol. The van der Waals surface area contributed by atoms with Crippen molar-refractivity contribution in [2.24, 2.45) is 5.10 Å². The predicted octanol–water partition coefficient (Wildman–Crippen LogP) is 6.72. The number of nitrogens with zero attached hydrogens (tertiary/aromatic N) is 1. The molecule has 5 nitrogen and oxygen atoms in total. The summed E-state index contributed by atoms with van der Waals surface area (Å²) in [6, 6.07) is 28.3. The first-order valence-corrected chi connectivity index (χ1v) is 12.5. The zero-order valence-corrected chi connectivity index (χ0v) is 22.0. The number of carbonyl (C=O) groups is 1. The molecule has 0 atom stereocenters. The summed E-state index contributed by atoms with van der Waals surface area (Å²) in [5, 5.41) is 16.1. The van der Waals surface area contributed by atoms with Crippen molar-refractivity contribution >= 4 is 51.3 Å². The fourth-order valence-electron chi connectivity index (χ4n) is 3.56. The Hall–Kier alpha value is -3.16. The van der Waals surface area contributed by atoms with Crippen LogP contribution in [0.5, 0.6) is 5.75 Å². The number of halogens is 3. The van der Waals surface area contributed by atoms with E-state index in [2.05, 4.69) is 26.5 Å². The van der Waals surface area contributed by atoms with Crippen molar-refractivity contribution in [3.05, 3.63) is 134 Å². The lowest BCUT2D eigenvalue weighted by molar-refractivity contribution is -0.136. The fourth-order valence-corrected chi connectivity index (χ4v) is 4.44. The van der Waals surface area contributed by atoms with Gasteiger partial charge in [-0.05, 0) is 46.5 Å². The van der Waals surface area contributed by atoms with Crippen molar-refractivity contribution in [1.82, 2.24) is 5.43 Å². The molecule has 1 amide bonds. The van der Waals surface area contributed by atoms with Gasteiger partial charge in [-0.25, -0.2) is 5.43 Å². The molecule has 4 aromatic carbocycles. The third-order valence-corrected chi connectivity index (χ3v) is 6.50. The van der Waals surface area contributed by atoms with E-state index in [9.17, 15) is 9.90 Å². The van der Waals surface area contributed by atoms with E-state index in [1.807, 2.05) is 36.4 Å². The van der Waals surface area contributed by atoms with Crippen LogP contribution in [-0.4, -0.2) is 17.2 Å². The smallest absolute Gasteiger partial charge is 0.281 e. The van der Waals surface area contributed by atoms with E-state index in [1.165, 1.54) is 6.21 Å². The topological polar surface area (TPSA) is 70.9 Å². The highest BCUT2D eigenvalue weighted by molar-refractivity contribution is 9.10. The standard InChI is InChI=1S/C28H21BrCl2N2O3/c29-23-13-11-19(12-14-23)18-36-26-24(30)15-20(16-25(26)31)17-32-33-27(34)28(35,21-7-3-1-4-8-21)22-9-5-2-6-10-22/h1-17,35H,18H2,(H,33,34)/b32-17+. The van der Waals surface area contributed by atoms with Gasteiger partial charge < -0.3 is 9.84 Å². The van der Waals surface area contributed by atoms with Gasteiger partial charge in [0, 0.05) is 4.47 Å². The molecule has 2 N–H and O–H groups in total. The van der Waals surface area contributed by atoms with Crippen LogP contribution in [0.15, 0.2) is 107 Å². The maximum atomic E-state index is 13.1. The average Bonchev–Trinajstić information content (AvgIpc) is 2.89. The van der Waals surface area contributed by atoms with E-state index in [4.69, 9.17) is 27.9 Å². The highest BCUT2D eigenvalue weighted by atomic mass is 79.9. The lowest BCUT2D eigenvalue weighted by atomic mass is 9.85. The van der Waals surface area contributed by atoms with E-state index < -0.39 is 11.5 Å². The van der Waals surface area contributed by atoms with Crippen molar-refractivity contribution in [3.63, 3.8) is 0 Å². The van der Waals surface area contributed by atoms with Crippen LogP contribution in [0.25, 0.3) is 0 Å². The SMILES string of the molecule is O=C(N/N=C/c1cc(Cl)c(OCc2ccc(Br)cc2)c(Cl)c1)C(O)(c1ccccc1)c1ccccc1. The minimum absolute atomic E-state index is 0.299. The Balaban J connectivity index is 1.49. The molecule has 0 saturated carbocycles. The lowest BCUT2D eigenvalue weighted by Gasteiger charge is -2.27. The van der Waals surface area contributed by atoms with Crippen LogP contribution in [0.3, 0.4) is 0 Å². The van der Waals surface area contributed by atoms with Gasteiger partial charge in [0.05, 0.1) is 16.3 Å². The Morgan fingerprint density at radius 1 is 0.917 bits per heavy atom. The Kier molecular flexibility index (Phi) is 8.44. The van der Waals surface area contributed by atoms with Gasteiger partial charge in [-0.15, -0.1) is 0 Å². The Bertz CT molecular complexity index is 1300.